The molecule has 1 aromatic carbocycles. The van der Waals surface area contributed by atoms with Gasteiger partial charge in [0.2, 0.25) is 0 Å². The van der Waals surface area contributed by atoms with Crippen molar-refractivity contribution >= 4 is 29.2 Å². The summed E-state index contributed by atoms with van der Waals surface area (Å²) in [4.78, 5) is 9.78. The number of nitrogens with zero attached hydrogens (tertiary/aromatic N) is 2. The largest absolute Gasteiger partial charge is 0.507 e. The van der Waals surface area contributed by atoms with Gasteiger partial charge >= 0.3 is 0 Å². The number of aromatic hydroxyl groups is 1. The van der Waals surface area contributed by atoms with Crippen LogP contribution in [0.25, 0.3) is 0 Å². The third-order valence-corrected chi connectivity index (χ3v) is 1.69. The van der Waals surface area contributed by atoms with Gasteiger partial charge in [0.05, 0.1) is 17.2 Å². The van der Waals surface area contributed by atoms with Crippen LogP contribution < -0.4 is 11.2 Å². The highest BCUT2D eigenvalue weighted by Crippen LogP contribution is 2.21. The average molecular weight is 240 g/mol. The summed E-state index contributed by atoms with van der Waals surface area (Å²) in [5, 5.41) is 23.4. The summed E-state index contributed by atoms with van der Waals surface area (Å²) in [5.74, 6) is -0.248. The number of nitrogens with one attached hydrogen (secondary N) is 1. The van der Waals surface area contributed by atoms with Gasteiger partial charge in [0.1, 0.15) is 5.75 Å². The van der Waals surface area contributed by atoms with Crippen molar-refractivity contribution in [2.75, 3.05) is 0 Å². The Bertz CT molecular complexity index is 461. The van der Waals surface area contributed by atoms with Gasteiger partial charge in [0.15, 0.2) is 5.11 Å². The molecular formula is C8H8N4O3S. The maximum atomic E-state index is 10.4. The van der Waals surface area contributed by atoms with Crippen LogP contribution in [0.5, 0.6) is 5.75 Å². The minimum Gasteiger partial charge on any atom is -0.507 e. The number of hydrazone groups is 1. The topological polar surface area (TPSA) is 114 Å². The van der Waals surface area contributed by atoms with Crippen molar-refractivity contribution < 1.29 is 10.0 Å². The Morgan fingerprint density at radius 3 is 2.88 bits per heavy atom. The summed E-state index contributed by atoms with van der Waals surface area (Å²) >= 11 is 4.50. The van der Waals surface area contributed by atoms with Gasteiger partial charge in [0, 0.05) is 11.6 Å². The van der Waals surface area contributed by atoms with Crippen LogP contribution in [0.4, 0.5) is 5.69 Å². The van der Waals surface area contributed by atoms with E-state index in [4.69, 9.17) is 5.73 Å². The molecule has 0 heterocycles. The molecule has 0 saturated heterocycles. The number of phenolic OH excluding ortho intramolecular Hbond substituents is 1. The smallest absolute Gasteiger partial charge is 0.273 e. The first-order valence-electron chi connectivity index (χ1n) is 4.06. The normalized spacial score (nSPS) is 10.2. The van der Waals surface area contributed by atoms with Crippen molar-refractivity contribution in [3.8, 4) is 5.75 Å². The standard InChI is InChI=1S/C8H8N4O3S/c9-8(16)11-10-4-5-1-2-6(12(14)15)3-7(5)13/h1-4,13H,(H3,9,11,16). The SMILES string of the molecule is NC(=S)NN=Cc1ccc([N+](=O)[O-])cc1O. The molecule has 0 spiro atoms. The molecule has 7 nitrogen and oxygen atoms in total. The molecular weight excluding hydrogens is 232 g/mol. The Hall–Kier alpha value is -2.22. The highest BCUT2D eigenvalue weighted by Gasteiger charge is 2.08. The first-order valence-corrected chi connectivity index (χ1v) is 4.47. The maximum Gasteiger partial charge on any atom is 0.273 e. The number of nitro groups is 1. The van der Waals surface area contributed by atoms with E-state index in [0.29, 0.717) is 5.56 Å². The van der Waals surface area contributed by atoms with E-state index in [1.165, 1.54) is 18.3 Å². The summed E-state index contributed by atoms with van der Waals surface area (Å²) < 4.78 is 0. The summed E-state index contributed by atoms with van der Waals surface area (Å²) in [6.07, 6.45) is 1.25. The Labute approximate surface area is 95.7 Å². The van der Waals surface area contributed by atoms with Gasteiger partial charge in [-0.05, 0) is 18.3 Å². The van der Waals surface area contributed by atoms with Crippen LogP contribution in [0.1, 0.15) is 5.56 Å². The molecule has 8 heteroatoms. The highest BCUT2D eigenvalue weighted by molar-refractivity contribution is 7.80. The Kier molecular flexibility index (Phi) is 3.72. The molecule has 0 atom stereocenters. The molecule has 0 aromatic heterocycles. The number of non-ortho nitro benzene ring substituents is 1. The van der Waals surface area contributed by atoms with Crippen LogP contribution in [-0.2, 0) is 0 Å². The molecule has 0 aliphatic carbocycles. The molecule has 16 heavy (non-hydrogen) atoms. The monoisotopic (exact) mass is 240 g/mol. The third kappa shape index (κ3) is 3.17. The maximum absolute atomic E-state index is 10.4. The lowest BCUT2D eigenvalue weighted by Gasteiger charge is -1.98. The fraction of sp³-hybridized carbons (Fsp3) is 0. The van der Waals surface area contributed by atoms with Crippen molar-refractivity contribution in [1.29, 1.82) is 0 Å². The van der Waals surface area contributed by atoms with Gasteiger partial charge in [-0.25, -0.2) is 0 Å². The zero-order valence-corrected chi connectivity index (χ0v) is 8.77. The summed E-state index contributed by atoms with van der Waals surface area (Å²) in [6, 6.07) is 3.64. The van der Waals surface area contributed by atoms with Gasteiger partial charge in [-0.15, -0.1) is 0 Å². The second-order valence-electron chi connectivity index (χ2n) is 2.73. The van der Waals surface area contributed by atoms with Crippen LogP contribution in [0.2, 0.25) is 0 Å². The molecule has 0 saturated carbocycles. The lowest BCUT2D eigenvalue weighted by atomic mass is 10.2. The molecule has 0 aliphatic rings. The zero-order chi connectivity index (χ0) is 12.1. The lowest BCUT2D eigenvalue weighted by molar-refractivity contribution is -0.384. The first-order chi connectivity index (χ1) is 7.50. The summed E-state index contributed by atoms with van der Waals surface area (Å²) in [7, 11) is 0. The minimum atomic E-state index is -0.603. The molecule has 0 fully saturated rings. The van der Waals surface area contributed by atoms with Gasteiger partial charge in [-0.2, -0.15) is 5.10 Å². The first kappa shape index (κ1) is 11.9. The number of hydrogen-bond acceptors (Lipinski definition) is 5. The fourth-order valence-electron chi connectivity index (χ4n) is 0.920. The lowest BCUT2D eigenvalue weighted by Crippen LogP contribution is -2.23. The molecule has 0 aliphatic heterocycles. The highest BCUT2D eigenvalue weighted by atomic mass is 32.1. The second-order valence-corrected chi connectivity index (χ2v) is 3.17. The molecule has 1 rings (SSSR count). The van der Waals surface area contributed by atoms with E-state index in [-0.39, 0.29) is 16.5 Å². The molecule has 0 bridgehead atoms. The molecule has 1 aromatic rings. The Morgan fingerprint density at radius 2 is 2.38 bits per heavy atom. The van der Waals surface area contributed by atoms with Crippen molar-refractivity contribution in [1.82, 2.24) is 5.43 Å². The van der Waals surface area contributed by atoms with Crippen molar-refractivity contribution in [2.45, 2.75) is 0 Å². The van der Waals surface area contributed by atoms with Gasteiger partial charge in [-0.3, -0.25) is 15.5 Å². The van der Waals surface area contributed by atoms with Crippen molar-refractivity contribution in [3.05, 3.63) is 33.9 Å². The van der Waals surface area contributed by atoms with Gasteiger partial charge in [0.25, 0.3) is 5.69 Å². The number of hydrogen-bond donors (Lipinski definition) is 3. The Morgan fingerprint density at radius 1 is 1.69 bits per heavy atom. The van der Waals surface area contributed by atoms with Crippen LogP contribution in [-0.4, -0.2) is 21.4 Å². The van der Waals surface area contributed by atoms with Crippen LogP contribution in [0.3, 0.4) is 0 Å². The average Bonchev–Trinajstić information content (AvgIpc) is 2.19. The number of rotatable bonds is 3. The second kappa shape index (κ2) is 5.03. The number of phenols is 1. The van der Waals surface area contributed by atoms with E-state index < -0.39 is 4.92 Å². The van der Waals surface area contributed by atoms with Crippen LogP contribution in [0.15, 0.2) is 23.3 Å². The van der Waals surface area contributed by atoms with E-state index in [1.807, 2.05) is 0 Å². The zero-order valence-electron chi connectivity index (χ0n) is 7.95. The number of thiocarbonyl (C=S) groups is 1. The van der Waals surface area contributed by atoms with Crippen LogP contribution in [0, 0.1) is 10.1 Å². The van der Waals surface area contributed by atoms with Crippen LogP contribution >= 0.6 is 12.2 Å². The van der Waals surface area contributed by atoms with E-state index >= 15 is 0 Å². The fourth-order valence-corrected chi connectivity index (χ4v) is 0.973. The van der Waals surface area contributed by atoms with Gasteiger partial charge in [-0.1, -0.05) is 0 Å². The Balaban J connectivity index is 2.87. The minimum absolute atomic E-state index is 0.0161. The van der Waals surface area contributed by atoms with Gasteiger partial charge < -0.3 is 10.8 Å². The van der Waals surface area contributed by atoms with Crippen molar-refractivity contribution in [3.63, 3.8) is 0 Å². The molecule has 0 radical (unpaired) electrons. The third-order valence-electron chi connectivity index (χ3n) is 1.60. The molecule has 84 valence electrons. The quantitative estimate of drug-likeness (QED) is 0.306. The van der Waals surface area contributed by atoms with E-state index in [1.54, 1.807) is 0 Å². The molecule has 4 N–H and O–H groups in total. The predicted octanol–water partition coefficient (Wildman–Crippen LogP) is 0.468. The molecule has 0 amide bonds. The predicted molar refractivity (Wildman–Crippen MR) is 62.3 cm³/mol. The number of nitro benzene ring substituents is 1. The molecule has 0 unspecified atom stereocenters. The van der Waals surface area contributed by atoms with E-state index in [0.717, 1.165) is 6.07 Å². The summed E-state index contributed by atoms with van der Waals surface area (Å²) in [5.41, 5.74) is 7.52. The number of nitrogens with two attached hydrogens (primary N) is 1. The van der Waals surface area contributed by atoms with E-state index in [2.05, 4.69) is 22.7 Å². The van der Waals surface area contributed by atoms with E-state index in [9.17, 15) is 15.2 Å². The number of benzene rings is 1. The summed E-state index contributed by atoms with van der Waals surface area (Å²) in [6.45, 7) is 0. The van der Waals surface area contributed by atoms with Crippen molar-refractivity contribution in [2.24, 2.45) is 10.8 Å².